The van der Waals surface area contributed by atoms with Crippen molar-refractivity contribution in [1.29, 1.82) is 0 Å². The van der Waals surface area contributed by atoms with Gasteiger partial charge in [-0.3, -0.25) is 4.79 Å². The predicted molar refractivity (Wildman–Crippen MR) is 84.5 cm³/mol. The van der Waals surface area contributed by atoms with Crippen molar-refractivity contribution in [1.82, 2.24) is 4.90 Å². The second-order valence-corrected chi connectivity index (χ2v) is 6.04. The van der Waals surface area contributed by atoms with Crippen LogP contribution >= 0.6 is 0 Å². The lowest BCUT2D eigenvalue weighted by atomic mass is 9.88. The Hall–Kier alpha value is -2.30. The summed E-state index contributed by atoms with van der Waals surface area (Å²) in [5, 5.41) is 0. The molecule has 0 radical (unpaired) electrons. The summed E-state index contributed by atoms with van der Waals surface area (Å²) in [7, 11) is 0. The summed E-state index contributed by atoms with van der Waals surface area (Å²) in [5.41, 5.74) is 0.978. The smallest absolute Gasteiger partial charge is 0.410 e. The molecule has 1 aromatic carbocycles. The highest BCUT2D eigenvalue weighted by atomic mass is 16.6. The average molecular weight is 315 g/mol. The number of carbonyl (C=O) groups excluding carboxylic acids is 2. The highest BCUT2D eigenvalue weighted by molar-refractivity contribution is 5.69. The molecule has 1 fully saturated rings. The van der Waals surface area contributed by atoms with Crippen molar-refractivity contribution in [3.63, 3.8) is 0 Å². The Kier molecular flexibility index (Phi) is 4.65. The van der Waals surface area contributed by atoms with E-state index in [2.05, 4.69) is 0 Å². The van der Waals surface area contributed by atoms with Crippen molar-refractivity contribution in [2.45, 2.75) is 38.5 Å². The van der Waals surface area contributed by atoms with Crippen molar-refractivity contribution in [3.8, 4) is 0 Å². The Balaban J connectivity index is 1.57. The van der Waals surface area contributed by atoms with Crippen LogP contribution in [0.1, 0.15) is 25.3 Å². The Bertz CT molecular complexity index is 598. The number of hydrogen-bond donors (Lipinski definition) is 0. The summed E-state index contributed by atoms with van der Waals surface area (Å²) in [6.07, 6.45) is 5.08. The number of rotatable bonds is 3. The van der Waals surface area contributed by atoms with Gasteiger partial charge in [0.1, 0.15) is 12.7 Å². The van der Waals surface area contributed by atoms with Gasteiger partial charge in [-0.1, -0.05) is 36.4 Å². The number of ether oxygens (including phenoxy) is 2. The van der Waals surface area contributed by atoms with E-state index in [4.69, 9.17) is 9.47 Å². The number of fused-ring (bicyclic) bond motifs is 1. The molecule has 1 aliphatic heterocycles. The molecule has 0 spiro atoms. The first-order chi connectivity index (χ1) is 11.1. The van der Waals surface area contributed by atoms with E-state index in [0.717, 1.165) is 18.4 Å². The molecule has 0 saturated carbocycles. The third-order valence-corrected chi connectivity index (χ3v) is 4.40. The minimum absolute atomic E-state index is 0.0464. The number of hydrogen-bond acceptors (Lipinski definition) is 4. The van der Waals surface area contributed by atoms with E-state index in [0.29, 0.717) is 12.5 Å². The first kappa shape index (κ1) is 15.6. The molecule has 3 atom stereocenters. The summed E-state index contributed by atoms with van der Waals surface area (Å²) in [6.45, 7) is 2.38. The SMILES string of the molecule is CC(=O)OC1C=CC2C(CCN2C(=O)OCc2ccccc2)C1. The average Bonchev–Trinajstić information content (AvgIpc) is 2.96. The Morgan fingerprint density at radius 3 is 2.74 bits per heavy atom. The molecular weight excluding hydrogens is 294 g/mol. The summed E-state index contributed by atoms with van der Waals surface area (Å²) >= 11 is 0. The molecule has 1 aromatic rings. The van der Waals surface area contributed by atoms with Gasteiger partial charge in [-0.25, -0.2) is 4.79 Å². The molecule has 23 heavy (non-hydrogen) atoms. The fraction of sp³-hybridized carbons (Fsp3) is 0.444. The number of nitrogens with zero attached hydrogens (tertiary/aromatic N) is 1. The van der Waals surface area contributed by atoms with E-state index in [1.165, 1.54) is 6.92 Å². The first-order valence-electron chi connectivity index (χ1n) is 7.96. The highest BCUT2D eigenvalue weighted by Crippen LogP contribution is 2.34. The van der Waals surface area contributed by atoms with Crippen LogP contribution in [0.15, 0.2) is 42.5 Å². The van der Waals surface area contributed by atoms with Crippen LogP contribution in [0.4, 0.5) is 4.79 Å². The second-order valence-electron chi connectivity index (χ2n) is 6.04. The topological polar surface area (TPSA) is 55.8 Å². The van der Waals surface area contributed by atoms with Gasteiger partial charge in [-0.2, -0.15) is 0 Å². The molecular formula is C18H21NO4. The van der Waals surface area contributed by atoms with Crippen LogP contribution in [0.25, 0.3) is 0 Å². The summed E-state index contributed by atoms with van der Waals surface area (Å²) in [5.74, 6) is 0.0591. The van der Waals surface area contributed by atoms with Gasteiger partial charge in [0.05, 0.1) is 6.04 Å². The largest absolute Gasteiger partial charge is 0.458 e. The lowest BCUT2D eigenvalue weighted by Gasteiger charge is -2.30. The summed E-state index contributed by atoms with van der Waals surface area (Å²) in [4.78, 5) is 25.1. The van der Waals surface area contributed by atoms with E-state index in [1.54, 1.807) is 4.90 Å². The van der Waals surface area contributed by atoms with Gasteiger partial charge in [0.15, 0.2) is 0 Å². The quantitative estimate of drug-likeness (QED) is 0.636. The van der Waals surface area contributed by atoms with Crippen LogP contribution in [0.3, 0.4) is 0 Å². The van der Waals surface area contributed by atoms with Gasteiger partial charge >= 0.3 is 12.1 Å². The molecule has 1 saturated heterocycles. The Morgan fingerprint density at radius 2 is 2.00 bits per heavy atom. The normalized spacial score (nSPS) is 25.8. The molecule has 122 valence electrons. The van der Waals surface area contributed by atoms with Crippen LogP contribution in [-0.4, -0.2) is 35.7 Å². The maximum Gasteiger partial charge on any atom is 0.410 e. The van der Waals surface area contributed by atoms with E-state index in [-0.39, 0.29) is 30.8 Å². The molecule has 0 aromatic heterocycles. The number of benzene rings is 1. The van der Waals surface area contributed by atoms with Crippen molar-refractivity contribution in [3.05, 3.63) is 48.0 Å². The maximum atomic E-state index is 12.3. The van der Waals surface area contributed by atoms with Crippen molar-refractivity contribution < 1.29 is 19.1 Å². The number of likely N-dealkylation sites (tertiary alicyclic amines) is 1. The summed E-state index contributed by atoms with van der Waals surface area (Å²) in [6, 6.07) is 9.70. The molecule has 1 heterocycles. The van der Waals surface area contributed by atoms with E-state index in [9.17, 15) is 9.59 Å². The molecule has 3 unspecified atom stereocenters. The van der Waals surface area contributed by atoms with Crippen molar-refractivity contribution >= 4 is 12.1 Å². The van der Waals surface area contributed by atoms with Gasteiger partial charge in [0.25, 0.3) is 0 Å². The number of carbonyl (C=O) groups is 2. The van der Waals surface area contributed by atoms with Crippen LogP contribution in [0.2, 0.25) is 0 Å². The minimum Gasteiger partial charge on any atom is -0.458 e. The van der Waals surface area contributed by atoms with Gasteiger partial charge in [0, 0.05) is 13.5 Å². The third kappa shape index (κ3) is 3.73. The Labute approximate surface area is 135 Å². The monoisotopic (exact) mass is 315 g/mol. The van der Waals surface area contributed by atoms with Crippen LogP contribution in [-0.2, 0) is 20.9 Å². The minimum atomic E-state index is -0.281. The lowest BCUT2D eigenvalue weighted by Crippen LogP contribution is -2.39. The zero-order valence-electron chi connectivity index (χ0n) is 13.2. The van der Waals surface area contributed by atoms with E-state index >= 15 is 0 Å². The molecule has 1 amide bonds. The molecule has 3 rings (SSSR count). The van der Waals surface area contributed by atoms with Gasteiger partial charge in [-0.15, -0.1) is 0 Å². The molecule has 5 heteroatoms. The molecule has 0 N–H and O–H groups in total. The highest BCUT2D eigenvalue weighted by Gasteiger charge is 2.39. The lowest BCUT2D eigenvalue weighted by molar-refractivity contribution is -0.145. The predicted octanol–water partition coefficient (Wildman–Crippen LogP) is 2.91. The zero-order chi connectivity index (χ0) is 16.2. The number of esters is 1. The molecule has 1 aliphatic carbocycles. The van der Waals surface area contributed by atoms with E-state index in [1.807, 2.05) is 42.5 Å². The molecule has 5 nitrogen and oxygen atoms in total. The van der Waals surface area contributed by atoms with E-state index < -0.39 is 0 Å². The van der Waals surface area contributed by atoms with Crippen molar-refractivity contribution in [2.24, 2.45) is 5.92 Å². The van der Waals surface area contributed by atoms with Gasteiger partial charge in [0.2, 0.25) is 0 Å². The van der Waals surface area contributed by atoms with Gasteiger partial charge in [-0.05, 0) is 30.4 Å². The van der Waals surface area contributed by atoms with Crippen LogP contribution in [0, 0.1) is 5.92 Å². The molecule has 2 aliphatic rings. The number of amides is 1. The van der Waals surface area contributed by atoms with Crippen LogP contribution in [0.5, 0.6) is 0 Å². The second kappa shape index (κ2) is 6.86. The fourth-order valence-electron chi connectivity index (χ4n) is 3.33. The maximum absolute atomic E-state index is 12.3. The molecule has 0 bridgehead atoms. The Morgan fingerprint density at radius 1 is 1.22 bits per heavy atom. The standard InChI is InChI=1S/C18H21NO4/c1-13(20)23-16-7-8-17-15(11-16)9-10-19(17)18(21)22-12-14-5-3-2-4-6-14/h2-8,15-17H,9-12H2,1H3. The van der Waals surface area contributed by atoms with Crippen LogP contribution < -0.4 is 0 Å². The first-order valence-corrected chi connectivity index (χ1v) is 7.96. The van der Waals surface area contributed by atoms with Gasteiger partial charge < -0.3 is 14.4 Å². The van der Waals surface area contributed by atoms with Crippen molar-refractivity contribution in [2.75, 3.05) is 6.54 Å². The zero-order valence-corrected chi connectivity index (χ0v) is 13.2. The summed E-state index contributed by atoms with van der Waals surface area (Å²) < 4.78 is 10.7. The third-order valence-electron chi connectivity index (χ3n) is 4.40. The fourth-order valence-corrected chi connectivity index (χ4v) is 3.33.